The summed E-state index contributed by atoms with van der Waals surface area (Å²) in [5.74, 6) is -1.48. The van der Waals surface area contributed by atoms with E-state index in [9.17, 15) is 14.7 Å². The molecule has 0 bridgehead atoms. The number of carbonyl (C=O) groups excluding carboxylic acids is 1. The molecule has 1 aliphatic rings. The molecule has 0 amide bonds. The zero-order chi connectivity index (χ0) is 13.5. The van der Waals surface area contributed by atoms with Crippen LogP contribution in [0, 0.1) is 0 Å². The quantitative estimate of drug-likeness (QED) is 0.438. The van der Waals surface area contributed by atoms with E-state index in [1.807, 2.05) is 18.2 Å². The Morgan fingerprint density at radius 2 is 2.22 bits per heavy atom. The van der Waals surface area contributed by atoms with Crippen LogP contribution in [-0.2, 0) is 14.3 Å². The topological polar surface area (TPSA) is 75.6 Å². The zero-order valence-electron chi connectivity index (χ0n) is 10.5. The standard InChI is InChI=1S/C13H17NO4/c1-9(8-11(15)18-2)14-12(13(16)17)10-6-4-3-5-7-10/h3-4,7-8,12,14H,5-6H2,1-2H3,(H,16,17)/b9-8-. The lowest BCUT2D eigenvalue weighted by Gasteiger charge is -2.20. The molecule has 1 rings (SSSR count). The largest absolute Gasteiger partial charge is 0.479 e. The lowest BCUT2D eigenvalue weighted by atomic mass is 9.98. The number of carboxylic acid groups (broad SMARTS) is 1. The van der Waals surface area contributed by atoms with Crippen molar-refractivity contribution < 1.29 is 19.4 Å². The predicted octanol–water partition coefficient (Wildman–Crippen LogP) is 1.38. The summed E-state index contributed by atoms with van der Waals surface area (Å²) >= 11 is 0. The first-order valence-corrected chi connectivity index (χ1v) is 5.64. The number of rotatable bonds is 5. The van der Waals surface area contributed by atoms with Crippen LogP contribution in [0.3, 0.4) is 0 Å². The second-order valence-corrected chi connectivity index (χ2v) is 3.96. The fourth-order valence-corrected chi connectivity index (χ4v) is 1.67. The van der Waals surface area contributed by atoms with Crippen LogP contribution in [-0.4, -0.2) is 30.2 Å². The minimum absolute atomic E-state index is 0.463. The zero-order valence-corrected chi connectivity index (χ0v) is 10.5. The molecular formula is C13H17NO4. The molecule has 18 heavy (non-hydrogen) atoms. The molecule has 5 heteroatoms. The molecule has 0 aromatic heterocycles. The van der Waals surface area contributed by atoms with E-state index in [0.29, 0.717) is 12.1 Å². The van der Waals surface area contributed by atoms with Gasteiger partial charge < -0.3 is 15.2 Å². The summed E-state index contributed by atoms with van der Waals surface area (Å²) < 4.78 is 4.48. The molecule has 1 unspecified atom stereocenters. The SMILES string of the molecule is COC(=O)/C=C(/C)NC(C(=O)O)C1=CCC=CC1. The number of ether oxygens (including phenoxy) is 1. The second-order valence-electron chi connectivity index (χ2n) is 3.96. The van der Waals surface area contributed by atoms with Crippen molar-refractivity contribution in [3.8, 4) is 0 Å². The minimum atomic E-state index is -0.964. The Morgan fingerprint density at radius 3 is 2.72 bits per heavy atom. The highest BCUT2D eigenvalue weighted by Crippen LogP contribution is 2.16. The van der Waals surface area contributed by atoms with Crippen LogP contribution in [0.1, 0.15) is 19.8 Å². The van der Waals surface area contributed by atoms with Gasteiger partial charge in [0.05, 0.1) is 7.11 Å². The molecule has 0 spiro atoms. The first-order valence-electron chi connectivity index (χ1n) is 5.64. The Bertz CT molecular complexity index is 421. The third kappa shape index (κ3) is 4.08. The van der Waals surface area contributed by atoms with Gasteiger partial charge in [-0.15, -0.1) is 0 Å². The molecule has 0 fully saturated rings. The number of allylic oxidation sites excluding steroid dienone is 4. The molecule has 0 radical (unpaired) electrons. The molecular weight excluding hydrogens is 234 g/mol. The average Bonchev–Trinajstić information content (AvgIpc) is 2.36. The van der Waals surface area contributed by atoms with E-state index >= 15 is 0 Å². The van der Waals surface area contributed by atoms with Gasteiger partial charge in [0.15, 0.2) is 0 Å². The summed E-state index contributed by atoms with van der Waals surface area (Å²) in [5, 5.41) is 12.0. The van der Waals surface area contributed by atoms with Gasteiger partial charge in [0.2, 0.25) is 0 Å². The Morgan fingerprint density at radius 1 is 1.50 bits per heavy atom. The van der Waals surface area contributed by atoms with Crippen LogP contribution in [0.15, 0.2) is 35.6 Å². The van der Waals surface area contributed by atoms with Crippen molar-refractivity contribution in [3.05, 3.63) is 35.6 Å². The molecule has 5 nitrogen and oxygen atoms in total. The number of hydrogen-bond donors (Lipinski definition) is 2. The first-order chi connectivity index (χ1) is 8.54. The van der Waals surface area contributed by atoms with Crippen molar-refractivity contribution in [3.63, 3.8) is 0 Å². The number of nitrogens with one attached hydrogen (secondary N) is 1. The normalized spacial score (nSPS) is 16.8. The molecule has 0 aromatic rings. The highest BCUT2D eigenvalue weighted by Gasteiger charge is 2.22. The highest BCUT2D eigenvalue weighted by molar-refractivity contribution is 5.83. The minimum Gasteiger partial charge on any atom is -0.479 e. The van der Waals surface area contributed by atoms with Crippen molar-refractivity contribution in [1.82, 2.24) is 5.32 Å². The Labute approximate surface area is 106 Å². The van der Waals surface area contributed by atoms with E-state index in [4.69, 9.17) is 0 Å². The highest BCUT2D eigenvalue weighted by atomic mass is 16.5. The third-order valence-corrected chi connectivity index (χ3v) is 2.56. The summed E-state index contributed by atoms with van der Waals surface area (Å²) in [6.07, 6.45) is 8.38. The van der Waals surface area contributed by atoms with E-state index in [-0.39, 0.29) is 0 Å². The number of methoxy groups -OCH3 is 1. The van der Waals surface area contributed by atoms with E-state index < -0.39 is 18.0 Å². The Balaban J connectivity index is 2.75. The number of carboxylic acids is 1. The van der Waals surface area contributed by atoms with E-state index in [1.54, 1.807) is 6.92 Å². The van der Waals surface area contributed by atoms with Crippen LogP contribution < -0.4 is 5.32 Å². The van der Waals surface area contributed by atoms with Gasteiger partial charge in [-0.25, -0.2) is 9.59 Å². The Kier molecular flexibility index (Phi) is 5.17. The van der Waals surface area contributed by atoms with Crippen molar-refractivity contribution >= 4 is 11.9 Å². The van der Waals surface area contributed by atoms with E-state index in [2.05, 4.69) is 10.1 Å². The van der Waals surface area contributed by atoms with Crippen molar-refractivity contribution in [2.45, 2.75) is 25.8 Å². The molecule has 0 saturated heterocycles. The predicted molar refractivity (Wildman–Crippen MR) is 66.8 cm³/mol. The van der Waals surface area contributed by atoms with Gasteiger partial charge in [0, 0.05) is 11.8 Å². The van der Waals surface area contributed by atoms with Gasteiger partial charge in [-0.1, -0.05) is 18.2 Å². The first kappa shape index (κ1) is 14.0. The number of hydrogen-bond acceptors (Lipinski definition) is 4. The molecule has 0 aromatic carbocycles. The fourth-order valence-electron chi connectivity index (χ4n) is 1.67. The summed E-state index contributed by atoms with van der Waals surface area (Å²) in [4.78, 5) is 22.3. The Hall–Kier alpha value is -2.04. The average molecular weight is 251 g/mol. The maximum absolute atomic E-state index is 11.2. The molecule has 98 valence electrons. The van der Waals surface area contributed by atoms with Crippen molar-refractivity contribution in [2.24, 2.45) is 0 Å². The number of carbonyl (C=O) groups is 2. The summed E-state index contributed by atoms with van der Waals surface area (Å²) in [7, 11) is 1.27. The molecule has 1 atom stereocenters. The van der Waals surface area contributed by atoms with Gasteiger partial charge in [0.1, 0.15) is 6.04 Å². The van der Waals surface area contributed by atoms with Gasteiger partial charge in [-0.2, -0.15) is 0 Å². The van der Waals surface area contributed by atoms with Crippen LogP contribution in [0.4, 0.5) is 0 Å². The number of aliphatic carboxylic acids is 1. The van der Waals surface area contributed by atoms with Crippen molar-refractivity contribution in [1.29, 1.82) is 0 Å². The van der Waals surface area contributed by atoms with Gasteiger partial charge >= 0.3 is 11.9 Å². The maximum Gasteiger partial charge on any atom is 0.332 e. The molecule has 2 N–H and O–H groups in total. The van der Waals surface area contributed by atoms with E-state index in [0.717, 1.165) is 12.0 Å². The molecule has 0 aliphatic heterocycles. The molecule has 0 saturated carbocycles. The summed E-state index contributed by atoms with van der Waals surface area (Å²) in [5.41, 5.74) is 1.26. The molecule has 1 aliphatic carbocycles. The van der Waals surface area contributed by atoms with Gasteiger partial charge in [-0.3, -0.25) is 0 Å². The van der Waals surface area contributed by atoms with Crippen LogP contribution >= 0.6 is 0 Å². The smallest absolute Gasteiger partial charge is 0.332 e. The van der Waals surface area contributed by atoms with Crippen LogP contribution in [0.25, 0.3) is 0 Å². The van der Waals surface area contributed by atoms with E-state index in [1.165, 1.54) is 13.2 Å². The third-order valence-electron chi connectivity index (χ3n) is 2.56. The summed E-state index contributed by atoms with van der Waals surface area (Å²) in [6.45, 7) is 1.63. The number of esters is 1. The van der Waals surface area contributed by atoms with Crippen molar-refractivity contribution in [2.75, 3.05) is 7.11 Å². The van der Waals surface area contributed by atoms with Gasteiger partial charge in [-0.05, 0) is 25.3 Å². The molecule has 0 heterocycles. The lowest BCUT2D eigenvalue weighted by molar-refractivity contribution is -0.138. The maximum atomic E-state index is 11.2. The fraction of sp³-hybridized carbons (Fsp3) is 0.385. The monoisotopic (exact) mass is 251 g/mol. The van der Waals surface area contributed by atoms with Crippen LogP contribution in [0.5, 0.6) is 0 Å². The lowest BCUT2D eigenvalue weighted by Crippen LogP contribution is -2.37. The summed E-state index contributed by atoms with van der Waals surface area (Å²) in [6, 6.07) is -0.809. The van der Waals surface area contributed by atoms with Crippen LogP contribution in [0.2, 0.25) is 0 Å². The second kappa shape index (κ2) is 6.64. The van der Waals surface area contributed by atoms with Gasteiger partial charge in [0.25, 0.3) is 0 Å².